The number of rotatable bonds is 15. The van der Waals surface area contributed by atoms with Crippen molar-refractivity contribution in [1.29, 1.82) is 0 Å². The molecule has 35 heteroatoms. The van der Waals surface area contributed by atoms with Crippen molar-refractivity contribution in [3.05, 3.63) is 33.4 Å². The highest BCUT2D eigenvalue weighted by atomic mass is 31.3. The Kier molecular flexibility index (Phi) is 11.6. The SMILES string of the molecule is CO[C@@H]1[C@H](OP(=O)(O)OC[C@H]2O[C@@H](n3cnc4c(=O)[nH]c(N)nc43)[C@H](O)[C@@H]2O)[C@@H](COP(=O)(O)OP(=O)(O)OP(=O)(O)O)O[C@H]1n1cnc2c(=O)[nH]c(N)nc21. The van der Waals surface area contributed by atoms with Gasteiger partial charge in [0, 0.05) is 7.11 Å². The number of H-pyrrole nitrogens is 2. The number of aliphatic hydroxyl groups is 2. The largest absolute Gasteiger partial charge is 0.490 e. The van der Waals surface area contributed by atoms with E-state index in [9.17, 15) is 52.7 Å². The highest BCUT2D eigenvalue weighted by Gasteiger charge is 2.53. The lowest BCUT2D eigenvalue weighted by Gasteiger charge is -2.26. The Hall–Kier alpha value is -3.38. The van der Waals surface area contributed by atoms with E-state index in [4.69, 9.17) is 44.5 Å². The average Bonchev–Trinajstić information content (AvgIpc) is 3.81. The first-order valence-electron chi connectivity index (χ1n) is 15.1. The minimum absolute atomic E-state index is 0.142. The summed E-state index contributed by atoms with van der Waals surface area (Å²) in [6, 6.07) is 0. The van der Waals surface area contributed by atoms with Gasteiger partial charge in [-0.2, -0.15) is 18.6 Å². The number of anilines is 2. The third-order valence-corrected chi connectivity index (χ3v) is 12.6. The van der Waals surface area contributed by atoms with Gasteiger partial charge in [-0.1, -0.05) is 0 Å². The maximum Gasteiger partial charge on any atom is 0.490 e. The molecule has 56 heavy (non-hydrogen) atoms. The number of hydrogen-bond acceptors (Lipinski definition) is 22. The zero-order valence-electron chi connectivity index (χ0n) is 27.7. The number of methoxy groups -OCH3 is 1. The molecule has 2 fully saturated rings. The summed E-state index contributed by atoms with van der Waals surface area (Å²) in [5.41, 5.74) is 8.92. The van der Waals surface area contributed by atoms with E-state index < -0.39 is 105 Å². The van der Waals surface area contributed by atoms with Crippen LogP contribution in [-0.2, 0) is 54.7 Å². The highest BCUT2D eigenvalue weighted by molar-refractivity contribution is 7.66. The number of aromatic amines is 2. The van der Waals surface area contributed by atoms with Crippen LogP contribution in [0.4, 0.5) is 11.9 Å². The Morgan fingerprint density at radius 2 is 1.23 bits per heavy atom. The molecule has 0 aromatic carbocycles. The monoisotopic (exact) mass is 882 g/mol. The molecular formula is C21H30N10O21P4. The number of imidazole rings is 2. The van der Waals surface area contributed by atoms with Gasteiger partial charge in [0.1, 0.15) is 36.6 Å². The van der Waals surface area contributed by atoms with Crippen molar-refractivity contribution in [2.45, 2.75) is 49.1 Å². The molecule has 0 bridgehead atoms. The topological polar surface area (TPSA) is 463 Å². The molecule has 31 nitrogen and oxygen atoms in total. The van der Waals surface area contributed by atoms with Gasteiger partial charge in [-0.3, -0.25) is 42.3 Å². The Bertz CT molecular complexity index is 2430. The first kappa shape index (κ1) is 42.2. The van der Waals surface area contributed by atoms with E-state index in [1.54, 1.807) is 0 Å². The van der Waals surface area contributed by atoms with Gasteiger partial charge >= 0.3 is 31.3 Å². The maximum atomic E-state index is 13.4. The zero-order valence-corrected chi connectivity index (χ0v) is 31.2. The molecule has 2 aliphatic rings. The van der Waals surface area contributed by atoms with Crippen LogP contribution in [-0.4, -0.2) is 131 Å². The fourth-order valence-corrected chi connectivity index (χ4v) is 9.61. The number of aromatic nitrogens is 8. The first-order valence-corrected chi connectivity index (χ1v) is 21.1. The molecule has 0 saturated carbocycles. The molecule has 11 atom stereocenters. The summed E-state index contributed by atoms with van der Waals surface area (Å²) in [5.74, 6) is -0.681. The average molecular weight is 882 g/mol. The lowest BCUT2D eigenvalue weighted by Crippen LogP contribution is -2.38. The summed E-state index contributed by atoms with van der Waals surface area (Å²) in [4.78, 5) is 92.7. The van der Waals surface area contributed by atoms with Gasteiger partial charge in [0.05, 0.1) is 25.9 Å². The fourth-order valence-electron chi connectivity index (χ4n) is 5.62. The second-order valence-corrected chi connectivity index (χ2v) is 17.4. The predicted molar refractivity (Wildman–Crippen MR) is 176 cm³/mol. The van der Waals surface area contributed by atoms with Crippen LogP contribution in [0.2, 0.25) is 0 Å². The predicted octanol–water partition coefficient (Wildman–Crippen LogP) is -3.21. The van der Waals surface area contributed by atoms with Gasteiger partial charge in [-0.05, 0) is 0 Å². The van der Waals surface area contributed by atoms with Crippen molar-refractivity contribution in [2.75, 3.05) is 31.8 Å². The molecule has 2 saturated heterocycles. The van der Waals surface area contributed by atoms with Crippen LogP contribution in [0.1, 0.15) is 12.5 Å². The zero-order chi connectivity index (χ0) is 41.1. The molecule has 0 spiro atoms. The summed E-state index contributed by atoms with van der Waals surface area (Å²) < 4.78 is 90.2. The van der Waals surface area contributed by atoms with Gasteiger partial charge in [0.25, 0.3) is 11.1 Å². The van der Waals surface area contributed by atoms with E-state index >= 15 is 0 Å². The van der Waals surface area contributed by atoms with Crippen LogP contribution in [0.15, 0.2) is 22.2 Å². The van der Waals surface area contributed by atoms with Crippen LogP contribution in [0, 0.1) is 0 Å². The van der Waals surface area contributed by atoms with Gasteiger partial charge < -0.3 is 60.4 Å². The molecule has 0 aliphatic carbocycles. The smallest absolute Gasteiger partial charge is 0.387 e. The van der Waals surface area contributed by atoms with Crippen molar-refractivity contribution < 1.29 is 89.3 Å². The molecule has 0 amide bonds. The van der Waals surface area contributed by atoms with Crippen molar-refractivity contribution >= 4 is 65.5 Å². The van der Waals surface area contributed by atoms with Crippen molar-refractivity contribution in [3.8, 4) is 0 Å². The lowest BCUT2D eigenvalue weighted by molar-refractivity contribution is -0.0581. The molecule has 0 radical (unpaired) electrons. The van der Waals surface area contributed by atoms with Gasteiger partial charge in [-0.25, -0.2) is 28.2 Å². The van der Waals surface area contributed by atoms with Gasteiger partial charge in [0.2, 0.25) is 11.9 Å². The van der Waals surface area contributed by atoms with Crippen LogP contribution >= 0.6 is 31.3 Å². The quantitative estimate of drug-likeness (QED) is 0.0524. The van der Waals surface area contributed by atoms with Crippen molar-refractivity contribution in [1.82, 2.24) is 39.0 Å². The number of hydrogen-bond donors (Lipinski definition) is 11. The molecule has 4 aromatic rings. The number of phosphoric acid groups is 4. The molecule has 6 heterocycles. The molecule has 4 aromatic heterocycles. The van der Waals surface area contributed by atoms with Crippen molar-refractivity contribution in [2.24, 2.45) is 0 Å². The Balaban J connectivity index is 1.22. The van der Waals surface area contributed by atoms with E-state index in [-0.39, 0.29) is 34.2 Å². The van der Waals surface area contributed by atoms with Crippen LogP contribution < -0.4 is 22.6 Å². The summed E-state index contributed by atoms with van der Waals surface area (Å²) in [5, 5.41) is 21.4. The van der Waals surface area contributed by atoms with Crippen LogP contribution in [0.5, 0.6) is 0 Å². The number of nitrogen functional groups attached to an aromatic ring is 2. The van der Waals surface area contributed by atoms with Crippen LogP contribution in [0.3, 0.4) is 0 Å². The number of ether oxygens (including phenoxy) is 3. The molecule has 6 rings (SSSR count). The standard InChI is InChI=1S/C21H30N10O21P4/c1-45-13-12(50-54(39,40)46-2-6-10(32)11(33)18(48-6)30-4-24-8-14(30)26-20(22)28-16(8)34)7(3-47-55(41,42)52-56(43,44)51-53(36,37)38)49-19(13)31-5-25-9-15(31)27-21(23)29-17(9)35/h4-7,10-13,18-19,32-33H,2-3H2,1H3,(H,39,40)(H,41,42)(H,43,44)(H2,36,37,38)(H3,22,26,28,34)(H3,23,27,29,35)/t6-,7-,10-,11-,12-,13-,18-,19-/m1/s1. The number of nitrogens with one attached hydrogen (secondary N) is 2. The molecule has 2 aliphatic heterocycles. The van der Waals surface area contributed by atoms with Gasteiger partial charge in [-0.15, -0.1) is 0 Å². The van der Waals surface area contributed by atoms with E-state index in [1.165, 1.54) is 0 Å². The van der Waals surface area contributed by atoms with Gasteiger partial charge in [0.15, 0.2) is 34.8 Å². The molecule has 13 N–H and O–H groups in total. The number of aliphatic hydroxyl groups excluding tert-OH is 2. The second-order valence-electron chi connectivity index (χ2n) is 11.6. The summed E-state index contributed by atoms with van der Waals surface area (Å²) >= 11 is 0. The van der Waals surface area contributed by atoms with E-state index in [2.05, 4.69) is 43.0 Å². The van der Waals surface area contributed by atoms with E-state index in [0.29, 0.717) is 0 Å². The first-order chi connectivity index (χ1) is 26.0. The fraction of sp³-hybridized carbons (Fsp3) is 0.524. The Labute approximate surface area is 308 Å². The minimum atomic E-state index is -5.97. The highest BCUT2D eigenvalue weighted by Crippen LogP contribution is 2.66. The minimum Gasteiger partial charge on any atom is -0.387 e. The van der Waals surface area contributed by atoms with E-state index in [1.807, 2.05) is 0 Å². The number of nitrogens with two attached hydrogens (primary N) is 2. The Morgan fingerprint density at radius 3 is 1.77 bits per heavy atom. The number of nitrogens with zero attached hydrogens (tertiary/aromatic N) is 6. The molecular weight excluding hydrogens is 852 g/mol. The number of phosphoric ester groups is 2. The summed E-state index contributed by atoms with van der Waals surface area (Å²) in [6.07, 6.45) is -11.3. The number of fused-ring (bicyclic) bond motifs is 2. The normalized spacial score (nSPS) is 29.1. The van der Waals surface area contributed by atoms with Crippen molar-refractivity contribution in [3.63, 3.8) is 0 Å². The lowest BCUT2D eigenvalue weighted by atomic mass is 10.1. The third kappa shape index (κ3) is 9.01. The van der Waals surface area contributed by atoms with Crippen LogP contribution in [0.25, 0.3) is 22.3 Å². The molecule has 310 valence electrons. The summed E-state index contributed by atoms with van der Waals surface area (Å²) in [7, 11) is -21.9. The molecule has 3 unspecified atom stereocenters. The second kappa shape index (κ2) is 15.4. The summed E-state index contributed by atoms with van der Waals surface area (Å²) in [6.45, 7) is -2.21. The third-order valence-electron chi connectivity index (χ3n) is 7.82. The Morgan fingerprint density at radius 1 is 0.732 bits per heavy atom. The van der Waals surface area contributed by atoms with E-state index in [0.717, 1.165) is 28.9 Å². The maximum absolute atomic E-state index is 13.4.